The van der Waals surface area contributed by atoms with E-state index in [0.717, 1.165) is 18.2 Å². The zero-order valence-electron chi connectivity index (χ0n) is 10.6. The van der Waals surface area contributed by atoms with Crippen LogP contribution in [0, 0.1) is 0 Å². The number of ether oxygens (including phenoxy) is 1. The van der Waals surface area contributed by atoms with Crippen molar-refractivity contribution < 1.29 is 23.0 Å². The molecule has 1 unspecified atom stereocenters. The van der Waals surface area contributed by atoms with Crippen molar-refractivity contribution in [3.8, 4) is 5.75 Å². The molecule has 0 saturated heterocycles. The molecule has 2 aromatic rings. The number of aliphatic hydroxyl groups is 1. The van der Waals surface area contributed by atoms with Crippen LogP contribution in [0.2, 0.25) is 5.02 Å². The minimum Gasteiger partial charge on any atom is -0.447 e. The number of alkyl halides is 3. The quantitative estimate of drug-likeness (QED) is 0.833. The van der Waals surface area contributed by atoms with Crippen molar-refractivity contribution in [1.82, 2.24) is 0 Å². The molecule has 1 atom stereocenters. The third kappa shape index (κ3) is 4.27. The summed E-state index contributed by atoms with van der Waals surface area (Å²) in [5.41, 5.74) is -0.948. The Morgan fingerprint density at radius 1 is 1.10 bits per heavy atom. The first-order valence-corrected chi connectivity index (χ1v) is 6.27. The standard InChI is InChI=1S/C14H11ClF3NO2/c15-11-7-6-9(14(16,17)18)8-12(11)19-13(20)21-10-4-2-1-3-5-10/h1-8,13,19-20H. The third-order valence-corrected chi connectivity index (χ3v) is 2.89. The molecule has 112 valence electrons. The molecular weight excluding hydrogens is 307 g/mol. The molecule has 3 nitrogen and oxygen atoms in total. The molecule has 2 rings (SSSR count). The second kappa shape index (κ2) is 6.24. The number of hydrogen-bond donors (Lipinski definition) is 2. The molecular formula is C14H11ClF3NO2. The summed E-state index contributed by atoms with van der Waals surface area (Å²) in [7, 11) is 0. The van der Waals surface area contributed by atoms with E-state index in [4.69, 9.17) is 16.3 Å². The van der Waals surface area contributed by atoms with E-state index in [-0.39, 0.29) is 10.7 Å². The number of nitrogens with one attached hydrogen (secondary N) is 1. The van der Waals surface area contributed by atoms with Crippen LogP contribution < -0.4 is 10.1 Å². The lowest BCUT2D eigenvalue weighted by molar-refractivity contribution is -0.137. The Bertz CT molecular complexity index is 605. The molecule has 0 saturated carbocycles. The topological polar surface area (TPSA) is 41.5 Å². The lowest BCUT2D eigenvalue weighted by Gasteiger charge is -2.18. The number of rotatable bonds is 4. The molecule has 0 spiro atoms. The van der Waals surface area contributed by atoms with Gasteiger partial charge in [-0.2, -0.15) is 13.2 Å². The van der Waals surface area contributed by atoms with Gasteiger partial charge in [-0.25, -0.2) is 0 Å². The molecule has 7 heteroatoms. The highest BCUT2D eigenvalue weighted by Gasteiger charge is 2.31. The molecule has 0 radical (unpaired) electrons. The highest BCUT2D eigenvalue weighted by atomic mass is 35.5. The predicted molar refractivity (Wildman–Crippen MR) is 73.2 cm³/mol. The summed E-state index contributed by atoms with van der Waals surface area (Å²) in [5.74, 6) is 0.362. The zero-order chi connectivity index (χ0) is 15.5. The van der Waals surface area contributed by atoms with Gasteiger partial charge in [0.15, 0.2) is 0 Å². The molecule has 0 aliphatic heterocycles. The van der Waals surface area contributed by atoms with Crippen LogP contribution in [0.15, 0.2) is 48.5 Å². The highest BCUT2D eigenvalue weighted by Crippen LogP contribution is 2.34. The van der Waals surface area contributed by atoms with E-state index in [1.165, 1.54) is 0 Å². The summed E-state index contributed by atoms with van der Waals surface area (Å²) in [6.45, 7) is 0. The van der Waals surface area contributed by atoms with Gasteiger partial charge >= 0.3 is 6.18 Å². The average Bonchev–Trinajstić information content (AvgIpc) is 2.41. The molecule has 2 N–H and O–H groups in total. The maximum Gasteiger partial charge on any atom is 0.416 e. The smallest absolute Gasteiger partial charge is 0.416 e. The van der Waals surface area contributed by atoms with Crippen molar-refractivity contribution in [3.05, 3.63) is 59.1 Å². The molecule has 21 heavy (non-hydrogen) atoms. The van der Waals surface area contributed by atoms with Gasteiger partial charge in [0.1, 0.15) is 5.75 Å². The van der Waals surface area contributed by atoms with Crippen molar-refractivity contribution in [3.63, 3.8) is 0 Å². The Morgan fingerprint density at radius 3 is 2.38 bits per heavy atom. The number of benzene rings is 2. The van der Waals surface area contributed by atoms with Crippen LogP contribution in [0.4, 0.5) is 18.9 Å². The van der Waals surface area contributed by atoms with Gasteiger partial charge in [0.05, 0.1) is 16.3 Å². The number of hydrogen-bond acceptors (Lipinski definition) is 3. The first kappa shape index (κ1) is 15.5. The van der Waals surface area contributed by atoms with E-state index in [1.54, 1.807) is 30.3 Å². The fourth-order valence-corrected chi connectivity index (χ4v) is 1.77. The van der Waals surface area contributed by atoms with Crippen molar-refractivity contribution in [2.24, 2.45) is 0 Å². The van der Waals surface area contributed by atoms with Gasteiger partial charge in [0, 0.05) is 0 Å². The van der Waals surface area contributed by atoms with Crippen molar-refractivity contribution in [1.29, 1.82) is 0 Å². The van der Waals surface area contributed by atoms with E-state index < -0.39 is 18.2 Å². The van der Waals surface area contributed by atoms with E-state index in [0.29, 0.717) is 5.75 Å². The van der Waals surface area contributed by atoms with Crippen LogP contribution in [0.25, 0.3) is 0 Å². The fraction of sp³-hybridized carbons (Fsp3) is 0.143. The number of aliphatic hydroxyl groups excluding tert-OH is 1. The van der Waals surface area contributed by atoms with E-state index in [2.05, 4.69) is 5.32 Å². The lowest BCUT2D eigenvalue weighted by atomic mass is 10.2. The summed E-state index contributed by atoms with van der Waals surface area (Å²) in [6.07, 6.45) is -6.03. The molecule has 0 heterocycles. The van der Waals surface area contributed by atoms with Crippen LogP contribution in [0.3, 0.4) is 0 Å². The van der Waals surface area contributed by atoms with Gasteiger partial charge in [-0.15, -0.1) is 0 Å². The van der Waals surface area contributed by atoms with Crippen LogP contribution >= 0.6 is 11.6 Å². The van der Waals surface area contributed by atoms with Gasteiger partial charge < -0.3 is 15.2 Å². The van der Waals surface area contributed by atoms with Gasteiger partial charge in [0.2, 0.25) is 0 Å². The number of para-hydroxylation sites is 1. The second-order valence-electron chi connectivity index (χ2n) is 4.12. The maximum absolute atomic E-state index is 12.6. The molecule has 0 bridgehead atoms. The SMILES string of the molecule is OC(Nc1cc(C(F)(F)F)ccc1Cl)Oc1ccccc1. The van der Waals surface area contributed by atoms with Gasteiger partial charge in [-0.3, -0.25) is 0 Å². The summed E-state index contributed by atoms with van der Waals surface area (Å²) >= 11 is 5.80. The minimum absolute atomic E-state index is 0.0405. The van der Waals surface area contributed by atoms with Crippen LogP contribution in [0.1, 0.15) is 5.56 Å². The second-order valence-corrected chi connectivity index (χ2v) is 4.53. The zero-order valence-corrected chi connectivity index (χ0v) is 11.3. The van der Waals surface area contributed by atoms with Crippen molar-refractivity contribution in [2.75, 3.05) is 5.32 Å². The largest absolute Gasteiger partial charge is 0.447 e. The van der Waals surface area contributed by atoms with E-state index >= 15 is 0 Å². The highest BCUT2D eigenvalue weighted by molar-refractivity contribution is 6.33. The number of anilines is 1. The summed E-state index contributed by atoms with van der Waals surface area (Å²) in [4.78, 5) is 0. The van der Waals surface area contributed by atoms with Crippen LogP contribution in [0.5, 0.6) is 5.75 Å². The first-order chi connectivity index (χ1) is 9.86. The molecule has 0 aliphatic carbocycles. The molecule has 0 amide bonds. The minimum atomic E-state index is -4.49. The monoisotopic (exact) mass is 317 g/mol. The fourth-order valence-electron chi connectivity index (χ4n) is 1.60. The Morgan fingerprint density at radius 2 is 1.76 bits per heavy atom. The number of halogens is 4. The van der Waals surface area contributed by atoms with E-state index in [9.17, 15) is 18.3 Å². The van der Waals surface area contributed by atoms with Gasteiger partial charge in [-0.05, 0) is 30.3 Å². The van der Waals surface area contributed by atoms with Crippen molar-refractivity contribution >= 4 is 17.3 Å². The van der Waals surface area contributed by atoms with Gasteiger partial charge in [0.25, 0.3) is 6.41 Å². The first-order valence-electron chi connectivity index (χ1n) is 5.89. The molecule has 2 aromatic carbocycles. The Balaban J connectivity index is 2.11. The summed E-state index contributed by atoms with van der Waals surface area (Å²) in [6, 6.07) is 11.1. The summed E-state index contributed by atoms with van der Waals surface area (Å²) in [5, 5.41) is 12.1. The third-order valence-electron chi connectivity index (χ3n) is 2.56. The van der Waals surface area contributed by atoms with Crippen LogP contribution in [-0.4, -0.2) is 11.5 Å². The van der Waals surface area contributed by atoms with E-state index in [1.807, 2.05) is 0 Å². The lowest BCUT2D eigenvalue weighted by Crippen LogP contribution is -2.26. The summed E-state index contributed by atoms with van der Waals surface area (Å²) < 4.78 is 43.0. The Kier molecular flexibility index (Phi) is 4.59. The van der Waals surface area contributed by atoms with Crippen LogP contribution in [-0.2, 0) is 6.18 Å². The maximum atomic E-state index is 12.6. The average molecular weight is 318 g/mol. The van der Waals surface area contributed by atoms with Gasteiger partial charge in [-0.1, -0.05) is 29.8 Å². The van der Waals surface area contributed by atoms with Crippen molar-refractivity contribution in [2.45, 2.75) is 12.6 Å². The molecule has 0 fully saturated rings. The molecule has 0 aliphatic rings. The Hall–Kier alpha value is -1.92. The molecule has 0 aromatic heterocycles. The predicted octanol–water partition coefficient (Wildman–Crippen LogP) is 4.13. The normalized spacial score (nSPS) is 12.8. The Labute approximate surface area is 123 Å².